The summed E-state index contributed by atoms with van der Waals surface area (Å²) in [7, 11) is 4.08. The molecule has 0 aliphatic carbocycles. The zero-order valence-electron chi connectivity index (χ0n) is 14.6. The SMILES string of the molecule is COc1ccc(-c2c(C(F)(F)F)oc3cc(OC)cc(OC)c3c2=O)cc1. The third kappa shape index (κ3) is 3.30. The minimum Gasteiger partial charge on any atom is -0.497 e. The molecule has 0 aliphatic heterocycles. The van der Waals surface area contributed by atoms with Crippen LogP contribution in [0.4, 0.5) is 13.2 Å². The standard InChI is InChI=1S/C19H15F3O5/c1-24-11-6-4-10(5-7-11)15-17(23)16-13(26-3)8-12(25-2)9-14(16)27-18(15)19(20,21)22/h4-9H,1-3H3. The van der Waals surface area contributed by atoms with Crippen molar-refractivity contribution in [2.75, 3.05) is 21.3 Å². The minimum atomic E-state index is -4.88. The number of fused-ring (bicyclic) bond motifs is 1. The van der Waals surface area contributed by atoms with Crippen molar-refractivity contribution in [2.45, 2.75) is 6.18 Å². The molecule has 5 nitrogen and oxygen atoms in total. The quantitative estimate of drug-likeness (QED) is 0.667. The third-order valence-corrected chi connectivity index (χ3v) is 4.02. The van der Waals surface area contributed by atoms with E-state index in [1.807, 2.05) is 0 Å². The molecule has 3 rings (SSSR count). The molecule has 2 aromatic carbocycles. The smallest absolute Gasteiger partial charge is 0.450 e. The van der Waals surface area contributed by atoms with Gasteiger partial charge in [0, 0.05) is 12.1 Å². The monoisotopic (exact) mass is 380 g/mol. The Hall–Kier alpha value is -3.16. The van der Waals surface area contributed by atoms with Crippen LogP contribution in [0.5, 0.6) is 17.2 Å². The highest BCUT2D eigenvalue weighted by Gasteiger charge is 2.39. The van der Waals surface area contributed by atoms with Gasteiger partial charge in [-0.25, -0.2) is 0 Å². The van der Waals surface area contributed by atoms with Crippen molar-refractivity contribution in [3.8, 4) is 28.4 Å². The van der Waals surface area contributed by atoms with E-state index in [9.17, 15) is 18.0 Å². The van der Waals surface area contributed by atoms with Crippen LogP contribution in [-0.2, 0) is 6.18 Å². The van der Waals surface area contributed by atoms with Gasteiger partial charge in [0.25, 0.3) is 0 Å². The Balaban J connectivity index is 2.43. The highest BCUT2D eigenvalue weighted by molar-refractivity contribution is 5.89. The average molecular weight is 380 g/mol. The van der Waals surface area contributed by atoms with E-state index in [4.69, 9.17) is 18.6 Å². The van der Waals surface area contributed by atoms with E-state index < -0.39 is 22.9 Å². The summed E-state index contributed by atoms with van der Waals surface area (Å²) < 4.78 is 61.2. The molecule has 8 heteroatoms. The summed E-state index contributed by atoms with van der Waals surface area (Å²) in [5, 5.41) is -0.0999. The van der Waals surface area contributed by atoms with Gasteiger partial charge in [0.2, 0.25) is 11.2 Å². The predicted octanol–water partition coefficient (Wildman–Crippen LogP) is 4.50. The van der Waals surface area contributed by atoms with Crippen molar-refractivity contribution in [3.05, 3.63) is 52.4 Å². The zero-order valence-corrected chi connectivity index (χ0v) is 14.6. The van der Waals surface area contributed by atoms with Crippen LogP contribution in [-0.4, -0.2) is 21.3 Å². The van der Waals surface area contributed by atoms with Gasteiger partial charge in [-0.1, -0.05) is 12.1 Å². The summed E-state index contributed by atoms with van der Waals surface area (Å²) in [5.41, 5.74) is -1.67. The molecule has 0 fully saturated rings. The normalized spacial score (nSPS) is 11.5. The van der Waals surface area contributed by atoms with Gasteiger partial charge < -0.3 is 18.6 Å². The topological polar surface area (TPSA) is 57.9 Å². The van der Waals surface area contributed by atoms with Crippen LogP contribution < -0.4 is 19.6 Å². The molecule has 0 saturated carbocycles. The first kappa shape index (κ1) is 18.6. The molecular weight excluding hydrogens is 365 g/mol. The number of hydrogen-bond acceptors (Lipinski definition) is 5. The summed E-state index contributed by atoms with van der Waals surface area (Å²) in [4.78, 5) is 13.0. The van der Waals surface area contributed by atoms with E-state index in [0.717, 1.165) is 0 Å². The van der Waals surface area contributed by atoms with Crippen LogP contribution in [0.15, 0.2) is 45.6 Å². The summed E-state index contributed by atoms with van der Waals surface area (Å²) in [6.07, 6.45) is -4.88. The van der Waals surface area contributed by atoms with Crippen molar-refractivity contribution in [2.24, 2.45) is 0 Å². The highest BCUT2D eigenvalue weighted by atomic mass is 19.4. The van der Waals surface area contributed by atoms with Crippen LogP contribution in [0.25, 0.3) is 22.1 Å². The molecule has 3 aromatic rings. The first-order chi connectivity index (χ1) is 12.8. The van der Waals surface area contributed by atoms with E-state index in [-0.39, 0.29) is 28.0 Å². The maximum Gasteiger partial charge on any atom is 0.450 e. The van der Waals surface area contributed by atoms with Crippen LogP contribution in [0.3, 0.4) is 0 Å². The number of rotatable bonds is 4. The lowest BCUT2D eigenvalue weighted by atomic mass is 10.0. The lowest BCUT2D eigenvalue weighted by Gasteiger charge is -2.15. The van der Waals surface area contributed by atoms with Crippen molar-refractivity contribution in [1.29, 1.82) is 0 Å². The first-order valence-electron chi connectivity index (χ1n) is 7.74. The molecule has 0 amide bonds. The van der Waals surface area contributed by atoms with Crippen molar-refractivity contribution in [1.82, 2.24) is 0 Å². The fraction of sp³-hybridized carbons (Fsp3) is 0.211. The van der Waals surface area contributed by atoms with Crippen LogP contribution in [0.2, 0.25) is 0 Å². The number of methoxy groups -OCH3 is 3. The maximum atomic E-state index is 13.6. The van der Waals surface area contributed by atoms with Crippen LogP contribution in [0.1, 0.15) is 5.76 Å². The summed E-state index contributed by atoms with van der Waals surface area (Å²) in [6.45, 7) is 0. The Bertz CT molecular complexity index is 1040. The van der Waals surface area contributed by atoms with Gasteiger partial charge in [-0.05, 0) is 17.7 Å². The van der Waals surface area contributed by atoms with Gasteiger partial charge in [0.1, 0.15) is 28.2 Å². The average Bonchev–Trinajstić information content (AvgIpc) is 2.66. The fourth-order valence-corrected chi connectivity index (χ4v) is 2.76. The summed E-state index contributed by atoms with van der Waals surface area (Å²) in [5.74, 6) is -0.685. The van der Waals surface area contributed by atoms with Gasteiger partial charge in [-0.3, -0.25) is 4.79 Å². The van der Waals surface area contributed by atoms with E-state index in [1.165, 1.54) is 57.7 Å². The first-order valence-corrected chi connectivity index (χ1v) is 7.74. The number of ether oxygens (including phenoxy) is 3. The second-order valence-corrected chi connectivity index (χ2v) is 5.56. The van der Waals surface area contributed by atoms with Crippen molar-refractivity contribution in [3.63, 3.8) is 0 Å². The maximum absolute atomic E-state index is 13.6. The Labute approximate surface area is 151 Å². The molecule has 0 aliphatic rings. The van der Waals surface area contributed by atoms with E-state index >= 15 is 0 Å². The predicted molar refractivity (Wildman–Crippen MR) is 92.6 cm³/mol. The zero-order chi connectivity index (χ0) is 19.8. The molecule has 142 valence electrons. The number of hydrogen-bond donors (Lipinski definition) is 0. The Kier molecular flexibility index (Phi) is 4.73. The number of benzene rings is 2. The summed E-state index contributed by atoms with van der Waals surface area (Å²) in [6, 6.07) is 8.27. The second-order valence-electron chi connectivity index (χ2n) is 5.56. The molecule has 27 heavy (non-hydrogen) atoms. The number of halogens is 3. The fourth-order valence-electron chi connectivity index (χ4n) is 2.76. The van der Waals surface area contributed by atoms with Crippen molar-refractivity contribution >= 4 is 11.0 Å². The molecule has 1 aromatic heterocycles. The molecule has 0 saturated heterocycles. The van der Waals surface area contributed by atoms with Crippen LogP contribution in [0, 0.1) is 0 Å². The molecule has 0 spiro atoms. The molecule has 0 radical (unpaired) electrons. The Morgan fingerprint density at radius 1 is 0.889 bits per heavy atom. The lowest BCUT2D eigenvalue weighted by Crippen LogP contribution is -2.16. The molecule has 0 N–H and O–H groups in total. The second kappa shape index (κ2) is 6.86. The van der Waals surface area contributed by atoms with E-state index in [2.05, 4.69) is 0 Å². The third-order valence-electron chi connectivity index (χ3n) is 4.02. The molecule has 0 bridgehead atoms. The molecule has 0 unspecified atom stereocenters. The van der Waals surface area contributed by atoms with Gasteiger partial charge in [0.05, 0.1) is 26.9 Å². The van der Waals surface area contributed by atoms with Crippen molar-refractivity contribution < 1.29 is 31.8 Å². The molecule has 1 heterocycles. The van der Waals surface area contributed by atoms with E-state index in [0.29, 0.717) is 5.75 Å². The van der Waals surface area contributed by atoms with Crippen LogP contribution >= 0.6 is 0 Å². The molecular formula is C19H15F3O5. The lowest BCUT2D eigenvalue weighted by molar-refractivity contribution is -0.152. The largest absolute Gasteiger partial charge is 0.497 e. The van der Waals surface area contributed by atoms with E-state index in [1.54, 1.807) is 0 Å². The van der Waals surface area contributed by atoms with Gasteiger partial charge in [-0.2, -0.15) is 13.2 Å². The Morgan fingerprint density at radius 3 is 2.04 bits per heavy atom. The number of alkyl halides is 3. The summed E-state index contributed by atoms with van der Waals surface area (Å²) >= 11 is 0. The van der Waals surface area contributed by atoms with Gasteiger partial charge >= 0.3 is 6.18 Å². The van der Waals surface area contributed by atoms with Gasteiger partial charge in [0.15, 0.2) is 0 Å². The highest BCUT2D eigenvalue weighted by Crippen LogP contribution is 2.40. The molecule has 0 atom stereocenters. The van der Waals surface area contributed by atoms with Gasteiger partial charge in [-0.15, -0.1) is 0 Å². The minimum absolute atomic E-state index is 0.0525. The Morgan fingerprint density at radius 2 is 1.52 bits per heavy atom.